The molecule has 1 N–H and O–H groups in total. The van der Waals surface area contributed by atoms with Crippen molar-refractivity contribution < 1.29 is 35.1 Å². The summed E-state index contributed by atoms with van der Waals surface area (Å²) >= 11 is 0.639. The van der Waals surface area contributed by atoms with E-state index in [1.807, 2.05) is 4.72 Å². The summed E-state index contributed by atoms with van der Waals surface area (Å²) in [6, 6.07) is 12.8. The lowest BCUT2D eigenvalue weighted by Gasteiger charge is -2.07. The van der Waals surface area contributed by atoms with E-state index in [1.165, 1.54) is 24.3 Å². The second-order valence-corrected chi connectivity index (χ2v) is 10.5. The smallest absolute Gasteiger partial charge is 0.387 e. The average Bonchev–Trinajstić information content (AvgIpc) is 3.20. The topological polar surface area (TPSA) is 107 Å². The number of hydrogen-bond donors (Lipinski definition) is 1. The maximum Gasteiger partial charge on any atom is 0.387 e. The second kappa shape index (κ2) is 8.50. The number of alkyl halides is 2. The van der Waals surface area contributed by atoms with Gasteiger partial charge in [0.1, 0.15) is 9.96 Å². The van der Waals surface area contributed by atoms with Crippen LogP contribution >= 0.6 is 11.3 Å². The predicted molar refractivity (Wildman–Crippen MR) is 104 cm³/mol. The molecule has 3 rings (SSSR count). The van der Waals surface area contributed by atoms with Crippen LogP contribution in [0.1, 0.15) is 10.4 Å². The molecule has 0 saturated carbocycles. The van der Waals surface area contributed by atoms with Gasteiger partial charge in [-0.2, -0.15) is 8.78 Å². The number of hydrogen-bond acceptors (Lipinski definition) is 7. The van der Waals surface area contributed by atoms with Crippen molar-refractivity contribution in [1.29, 1.82) is 0 Å². The van der Waals surface area contributed by atoms with Crippen LogP contribution in [0.15, 0.2) is 80.0 Å². The standard InChI is InChI=1S/C18H13F2NO6S3/c19-18(20)27-13-8-6-12(7-9-13)17(22)21-30(25,26)16-10-15(11-28-16)29(23,24)14-4-2-1-3-5-14/h1-11,18H,(H,21,22). The Bertz CT molecular complexity index is 1250. The van der Waals surface area contributed by atoms with Gasteiger partial charge in [0.25, 0.3) is 15.9 Å². The molecule has 0 atom stereocenters. The second-order valence-electron chi connectivity index (χ2n) is 5.76. The summed E-state index contributed by atoms with van der Waals surface area (Å²) in [6.07, 6.45) is 0. The third-order valence-corrected chi connectivity index (χ3v) is 8.42. The van der Waals surface area contributed by atoms with E-state index >= 15 is 0 Å². The quantitative estimate of drug-likeness (QED) is 0.564. The minimum Gasteiger partial charge on any atom is -0.435 e. The van der Waals surface area contributed by atoms with Crippen molar-refractivity contribution in [3.8, 4) is 5.75 Å². The number of carbonyl (C=O) groups excluding carboxylic acids is 1. The van der Waals surface area contributed by atoms with Crippen LogP contribution in [0.2, 0.25) is 0 Å². The van der Waals surface area contributed by atoms with Crippen molar-refractivity contribution in [2.75, 3.05) is 0 Å². The minimum absolute atomic E-state index is 0.00175. The van der Waals surface area contributed by atoms with Gasteiger partial charge in [-0.05, 0) is 42.5 Å². The van der Waals surface area contributed by atoms with E-state index < -0.39 is 32.4 Å². The van der Waals surface area contributed by atoms with E-state index in [1.54, 1.807) is 6.07 Å². The zero-order chi connectivity index (χ0) is 21.9. The maximum absolute atomic E-state index is 12.6. The molecule has 0 spiro atoms. The van der Waals surface area contributed by atoms with E-state index in [4.69, 9.17) is 0 Å². The zero-order valence-electron chi connectivity index (χ0n) is 14.9. The molecule has 0 fully saturated rings. The molecule has 0 aliphatic rings. The lowest BCUT2D eigenvalue weighted by Crippen LogP contribution is -2.30. The van der Waals surface area contributed by atoms with Gasteiger partial charge in [0.05, 0.1) is 9.79 Å². The van der Waals surface area contributed by atoms with Gasteiger partial charge in [-0.1, -0.05) is 18.2 Å². The number of rotatable bonds is 7. The zero-order valence-corrected chi connectivity index (χ0v) is 17.3. The van der Waals surface area contributed by atoms with Gasteiger partial charge in [-0.3, -0.25) is 4.79 Å². The maximum atomic E-state index is 12.6. The van der Waals surface area contributed by atoms with E-state index in [-0.39, 0.29) is 25.3 Å². The molecule has 1 aromatic heterocycles. The van der Waals surface area contributed by atoms with Crippen molar-refractivity contribution >= 4 is 37.1 Å². The highest BCUT2D eigenvalue weighted by Crippen LogP contribution is 2.28. The predicted octanol–water partition coefficient (Wildman–Crippen LogP) is 3.30. The first kappa shape index (κ1) is 21.9. The Morgan fingerprint density at radius 3 is 2.17 bits per heavy atom. The van der Waals surface area contributed by atoms with Crippen molar-refractivity contribution in [2.24, 2.45) is 0 Å². The number of nitrogens with one attached hydrogen (secondary N) is 1. The monoisotopic (exact) mass is 473 g/mol. The number of thiophene rings is 1. The first-order chi connectivity index (χ1) is 14.1. The molecule has 0 unspecified atom stereocenters. The third-order valence-electron chi connectivity index (χ3n) is 3.75. The molecule has 2 aromatic carbocycles. The molecule has 158 valence electrons. The highest BCUT2D eigenvalue weighted by molar-refractivity contribution is 7.93. The minimum atomic E-state index is -4.36. The molecule has 0 aliphatic carbocycles. The molecule has 0 bridgehead atoms. The SMILES string of the molecule is O=C(NS(=O)(=O)c1cc(S(=O)(=O)c2ccccc2)cs1)c1ccc(OC(F)F)cc1. The Hall–Kier alpha value is -2.83. The van der Waals surface area contributed by atoms with Gasteiger partial charge in [0.2, 0.25) is 9.84 Å². The van der Waals surface area contributed by atoms with Crippen molar-refractivity contribution in [2.45, 2.75) is 20.6 Å². The van der Waals surface area contributed by atoms with Crippen LogP contribution in [0.5, 0.6) is 5.75 Å². The number of carbonyl (C=O) groups is 1. The molecular weight excluding hydrogens is 460 g/mol. The largest absolute Gasteiger partial charge is 0.435 e. The number of sulfonamides is 1. The highest BCUT2D eigenvalue weighted by Gasteiger charge is 2.25. The van der Waals surface area contributed by atoms with Crippen LogP contribution in [0, 0.1) is 0 Å². The molecule has 7 nitrogen and oxygen atoms in total. The summed E-state index contributed by atoms with van der Waals surface area (Å²) < 4.78 is 80.0. The van der Waals surface area contributed by atoms with Gasteiger partial charge < -0.3 is 4.74 Å². The molecule has 1 amide bonds. The molecule has 3 aromatic rings. The highest BCUT2D eigenvalue weighted by atomic mass is 32.2. The molecule has 0 saturated heterocycles. The van der Waals surface area contributed by atoms with Crippen LogP contribution in [0.25, 0.3) is 0 Å². The summed E-state index contributed by atoms with van der Waals surface area (Å²) in [5, 5.41) is 1.16. The number of benzene rings is 2. The summed E-state index contributed by atoms with van der Waals surface area (Å²) in [7, 11) is -8.27. The van der Waals surface area contributed by atoms with Gasteiger partial charge in [0.15, 0.2) is 0 Å². The number of halogens is 2. The Kier molecular flexibility index (Phi) is 6.19. The molecular formula is C18H13F2NO6S3. The van der Waals surface area contributed by atoms with Gasteiger partial charge >= 0.3 is 6.61 Å². The van der Waals surface area contributed by atoms with E-state index in [0.717, 1.165) is 35.7 Å². The van der Waals surface area contributed by atoms with Crippen molar-refractivity contribution in [1.82, 2.24) is 4.72 Å². The first-order valence-electron chi connectivity index (χ1n) is 8.10. The Morgan fingerprint density at radius 1 is 0.933 bits per heavy atom. The molecule has 0 aliphatic heterocycles. The number of ether oxygens (including phenoxy) is 1. The first-order valence-corrected chi connectivity index (χ1v) is 11.9. The van der Waals surface area contributed by atoms with Crippen LogP contribution in [0.4, 0.5) is 8.78 Å². The lowest BCUT2D eigenvalue weighted by atomic mass is 10.2. The summed E-state index contributed by atoms with van der Waals surface area (Å²) in [5.41, 5.74) is -0.117. The van der Waals surface area contributed by atoms with Crippen LogP contribution < -0.4 is 9.46 Å². The van der Waals surface area contributed by atoms with Crippen molar-refractivity contribution in [3.63, 3.8) is 0 Å². The van der Waals surface area contributed by atoms with Gasteiger partial charge in [-0.15, -0.1) is 11.3 Å². The Balaban J connectivity index is 1.79. The van der Waals surface area contributed by atoms with Crippen LogP contribution in [0.3, 0.4) is 0 Å². The summed E-state index contributed by atoms with van der Waals surface area (Å²) in [4.78, 5) is 12.0. The van der Waals surface area contributed by atoms with E-state index in [9.17, 15) is 30.4 Å². The van der Waals surface area contributed by atoms with Crippen LogP contribution in [-0.4, -0.2) is 29.4 Å². The third kappa shape index (κ3) is 4.83. The normalized spacial score (nSPS) is 12.0. The van der Waals surface area contributed by atoms with E-state index in [0.29, 0.717) is 11.3 Å². The fourth-order valence-corrected chi connectivity index (χ4v) is 6.21. The molecule has 0 radical (unpaired) electrons. The van der Waals surface area contributed by atoms with Crippen molar-refractivity contribution in [3.05, 3.63) is 71.6 Å². The van der Waals surface area contributed by atoms with E-state index in [2.05, 4.69) is 4.74 Å². The van der Waals surface area contributed by atoms with Gasteiger partial charge in [-0.25, -0.2) is 21.6 Å². The molecule has 30 heavy (non-hydrogen) atoms. The lowest BCUT2D eigenvalue weighted by molar-refractivity contribution is -0.0498. The van der Waals surface area contributed by atoms with Gasteiger partial charge in [0, 0.05) is 10.9 Å². The summed E-state index contributed by atoms with van der Waals surface area (Å²) in [5.74, 6) is -1.21. The molecule has 1 heterocycles. The Labute approximate surface area is 174 Å². The number of amides is 1. The Morgan fingerprint density at radius 2 is 1.57 bits per heavy atom. The fourth-order valence-electron chi connectivity index (χ4n) is 2.34. The average molecular weight is 474 g/mol. The number of sulfone groups is 1. The molecule has 12 heteroatoms. The van der Waals surface area contributed by atoms with Crippen LogP contribution in [-0.2, 0) is 19.9 Å². The summed E-state index contributed by atoms with van der Waals surface area (Å²) in [6.45, 7) is -3.04. The fraction of sp³-hybridized carbons (Fsp3) is 0.0556.